The van der Waals surface area contributed by atoms with E-state index in [0.717, 1.165) is 23.7 Å². The summed E-state index contributed by atoms with van der Waals surface area (Å²) >= 11 is 7.32. The summed E-state index contributed by atoms with van der Waals surface area (Å²) in [6.07, 6.45) is 0. The molecular formula is C7H13ClOS. The van der Waals surface area contributed by atoms with Crippen molar-refractivity contribution in [2.45, 2.75) is 0 Å². The minimum absolute atomic E-state index is 0.569. The Labute approximate surface area is 71.8 Å². The molecule has 0 rings (SSSR count). The first-order valence-electron chi connectivity index (χ1n) is 3.10. The van der Waals surface area contributed by atoms with Crippen LogP contribution < -0.4 is 0 Å². The van der Waals surface area contributed by atoms with Crippen molar-refractivity contribution in [2.75, 3.05) is 31.1 Å². The fourth-order valence-corrected chi connectivity index (χ4v) is 1.42. The zero-order chi connectivity index (χ0) is 7.82. The largest absolute Gasteiger partial charge is 0.384 e. The molecule has 0 bridgehead atoms. The number of rotatable bonds is 6. The Hall–Kier alpha value is 0.340. The average molecular weight is 181 g/mol. The van der Waals surface area contributed by atoms with Crippen molar-refractivity contribution >= 4 is 23.4 Å². The number of hydrogen-bond donors (Lipinski definition) is 0. The SMILES string of the molecule is C=C(CCl)CSCCOC. The maximum Gasteiger partial charge on any atom is 0.0553 e. The van der Waals surface area contributed by atoms with Crippen LogP contribution in [-0.4, -0.2) is 31.1 Å². The summed E-state index contributed by atoms with van der Waals surface area (Å²) in [4.78, 5) is 0. The number of halogens is 1. The van der Waals surface area contributed by atoms with Gasteiger partial charge >= 0.3 is 0 Å². The van der Waals surface area contributed by atoms with E-state index in [1.165, 1.54) is 0 Å². The standard InChI is InChI=1S/C7H13ClOS/c1-7(5-8)6-10-4-3-9-2/h1,3-6H2,2H3. The van der Waals surface area contributed by atoms with Gasteiger partial charge in [0.2, 0.25) is 0 Å². The highest BCUT2D eigenvalue weighted by Gasteiger charge is 1.91. The normalized spacial score (nSPS) is 9.80. The zero-order valence-electron chi connectivity index (χ0n) is 6.23. The minimum atomic E-state index is 0.569. The second kappa shape index (κ2) is 7.45. The van der Waals surface area contributed by atoms with E-state index < -0.39 is 0 Å². The Morgan fingerprint density at radius 2 is 2.40 bits per heavy atom. The molecule has 0 atom stereocenters. The van der Waals surface area contributed by atoms with Crippen LogP contribution in [-0.2, 0) is 4.74 Å². The van der Waals surface area contributed by atoms with Gasteiger partial charge < -0.3 is 4.74 Å². The van der Waals surface area contributed by atoms with E-state index in [2.05, 4.69) is 6.58 Å². The van der Waals surface area contributed by atoms with Gasteiger partial charge in [0.05, 0.1) is 6.61 Å². The molecular weight excluding hydrogens is 168 g/mol. The van der Waals surface area contributed by atoms with E-state index in [4.69, 9.17) is 16.3 Å². The van der Waals surface area contributed by atoms with Gasteiger partial charge in [-0.15, -0.1) is 11.6 Å². The van der Waals surface area contributed by atoms with Gasteiger partial charge in [-0.1, -0.05) is 12.2 Å². The Kier molecular flexibility index (Phi) is 7.70. The fourth-order valence-electron chi connectivity index (χ4n) is 0.397. The molecule has 0 N–H and O–H groups in total. The molecule has 0 aromatic carbocycles. The van der Waals surface area contributed by atoms with Crippen molar-refractivity contribution in [3.05, 3.63) is 12.2 Å². The first kappa shape index (κ1) is 10.3. The van der Waals surface area contributed by atoms with Crippen molar-refractivity contribution in [1.29, 1.82) is 0 Å². The summed E-state index contributed by atoms with van der Waals surface area (Å²) in [6, 6.07) is 0. The number of thioether (sulfide) groups is 1. The Balaban J connectivity index is 2.96. The van der Waals surface area contributed by atoms with Gasteiger partial charge in [-0.05, 0) is 0 Å². The maximum absolute atomic E-state index is 5.52. The molecule has 0 aromatic heterocycles. The molecule has 0 amide bonds. The highest BCUT2D eigenvalue weighted by molar-refractivity contribution is 7.99. The van der Waals surface area contributed by atoms with E-state index in [-0.39, 0.29) is 0 Å². The van der Waals surface area contributed by atoms with E-state index in [0.29, 0.717) is 5.88 Å². The first-order chi connectivity index (χ1) is 4.81. The van der Waals surface area contributed by atoms with Gasteiger partial charge in [-0.3, -0.25) is 0 Å². The average Bonchev–Trinajstić information content (AvgIpc) is 1.98. The Bertz CT molecular complexity index is 95.6. The molecule has 0 heterocycles. The topological polar surface area (TPSA) is 9.23 Å². The number of methoxy groups -OCH3 is 1. The fraction of sp³-hybridized carbons (Fsp3) is 0.714. The zero-order valence-corrected chi connectivity index (χ0v) is 7.80. The lowest BCUT2D eigenvalue weighted by molar-refractivity contribution is 0.218. The van der Waals surface area contributed by atoms with Crippen LogP contribution >= 0.6 is 23.4 Å². The van der Waals surface area contributed by atoms with Crippen molar-refractivity contribution in [1.82, 2.24) is 0 Å². The molecule has 10 heavy (non-hydrogen) atoms. The molecule has 0 radical (unpaired) electrons. The first-order valence-corrected chi connectivity index (χ1v) is 4.79. The van der Waals surface area contributed by atoms with Crippen LogP contribution in [0.15, 0.2) is 12.2 Å². The van der Waals surface area contributed by atoms with Gasteiger partial charge in [0, 0.05) is 24.5 Å². The quantitative estimate of drug-likeness (QED) is 0.352. The van der Waals surface area contributed by atoms with Crippen molar-refractivity contribution in [2.24, 2.45) is 0 Å². The lowest BCUT2D eigenvalue weighted by Crippen LogP contribution is -1.94. The van der Waals surface area contributed by atoms with Crippen LogP contribution in [0.4, 0.5) is 0 Å². The van der Waals surface area contributed by atoms with Gasteiger partial charge in [0.15, 0.2) is 0 Å². The van der Waals surface area contributed by atoms with Gasteiger partial charge in [-0.2, -0.15) is 11.8 Å². The van der Waals surface area contributed by atoms with Crippen molar-refractivity contribution < 1.29 is 4.74 Å². The summed E-state index contributed by atoms with van der Waals surface area (Å²) in [5, 5.41) is 0. The predicted molar refractivity (Wildman–Crippen MR) is 49.1 cm³/mol. The highest BCUT2D eigenvalue weighted by atomic mass is 35.5. The predicted octanol–water partition coefficient (Wildman–Crippen LogP) is 2.16. The van der Waals surface area contributed by atoms with Crippen LogP contribution in [0, 0.1) is 0 Å². The molecule has 0 aliphatic carbocycles. The van der Waals surface area contributed by atoms with Crippen LogP contribution in [0.25, 0.3) is 0 Å². The molecule has 0 unspecified atom stereocenters. The number of ether oxygens (including phenoxy) is 1. The molecule has 0 aliphatic heterocycles. The smallest absolute Gasteiger partial charge is 0.0553 e. The van der Waals surface area contributed by atoms with Gasteiger partial charge in [0.1, 0.15) is 0 Å². The summed E-state index contributed by atoms with van der Waals surface area (Å²) in [7, 11) is 1.71. The third-order valence-corrected chi connectivity index (χ3v) is 2.37. The molecule has 0 saturated heterocycles. The van der Waals surface area contributed by atoms with Crippen molar-refractivity contribution in [3.63, 3.8) is 0 Å². The summed E-state index contributed by atoms with van der Waals surface area (Å²) in [6.45, 7) is 4.58. The van der Waals surface area contributed by atoms with Crippen LogP contribution in [0.1, 0.15) is 0 Å². The van der Waals surface area contributed by atoms with E-state index in [9.17, 15) is 0 Å². The second-order valence-electron chi connectivity index (χ2n) is 1.93. The number of hydrogen-bond acceptors (Lipinski definition) is 2. The monoisotopic (exact) mass is 180 g/mol. The highest BCUT2D eigenvalue weighted by Crippen LogP contribution is 2.06. The molecule has 0 aliphatic rings. The van der Waals surface area contributed by atoms with Crippen LogP contribution in [0.5, 0.6) is 0 Å². The lowest BCUT2D eigenvalue weighted by atomic mass is 10.4. The summed E-state index contributed by atoms with van der Waals surface area (Å²) in [5.74, 6) is 2.54. The minimum Gasteiger partial charge on any atom is -0.384 e. The van der Waals surface area contributed by atoms with E-state index in [1.807, 2.05) is 0 Å². The van der Waals surface area contributed by atoms with Gasteiger partial charge in [0.25, 0.3) is 0 Å². The molecule has 0 spiro atoms. The summed E-state index contributed by atoms with van der Waals surface area (Å²) < 4.78 is 4.87. The molecule has 1 nitrogen and oxygen atoms in total. The van der Waals surface area contributed by atoms with E-state index >= 15 is 0 Å². The van der Waals surface area contributed by atoms with Crippen LogP contribution in [0.3, 0.4) is 0 Å². The summed E-state index contributed by atoms with van der Waals surface area (Å²) in [5.41, 5.74) is 1.09. The third kappa shape index (κ3) is 6.46. The number of alkyl halides is 1. The Morgan fingerprint density at radius 1 is 1.70 bits per heavy atom. The Morgan fingerprint density at radius 3 is 2.90 bits per heavy atom. The molecule has 0 aromatic rings. The molecule has 3 heteroatoms. The maximum atomic E-state index is 5.52. The third-order valence-electron chi connectivity index (χ3n) is 0.927. The second-order valence-corrected chi connectivity index (χ2v) is 3.30. The molecule has 60 valence electrons. The molecule has 0 saturated carbocycles. The van der Waals surface area contributed by atoms with Crippen LogP contribution in [0.2, 0.25) is 0 Å². The van der Waals surface area contributed by atoms with Gasteiger partial charge in [-0.25, -0.2) is 0 Å². The molecule has 0 fully saturated rings. The lowest BCUT2D eigenvalue weighted by Gasteiger charge is -2.00. The van der Waals surface area contributed by atoms with E-state index in [1.54, 1.807) is 18.9 Å². The van der Waals surface area contributed by atoms with Crippen molar-refractivity contribution in [3.8, 4) is 0 Å².